The lowest BCUT2D eigenvalue weighted by Gasteiger charge is -2.10. The number of carbonyl (C=O) groups is 1. The molecular formula is C16H11Br2ClN2O2S. The number of halogens is 3. The van der Waals surface area contributed by atoms with E-state index in [1.807, 2.05) is 19.1 Å². The Morgan fingerprint density at radius 2 is 2.04 bits per heavy atom. The van der Waals surface area contributed by atoms with Crippen molar-refractivity contribution in [3.05, 3.63) is 49.4 Å². The number of aryl methyl sites for hydroxylation is 1. The van der Waals surface area contributed by atoms with Gasteiger partial charge >= 0.3 is 0 Å². The number of thiazole rings is 1. The molecule has 0 radical (unpaired) electrons. The second-order valence-electron chi connectivity index (χ2n) is 5.01. The van der Waals surface area contributed by atoms with Crippen LogP contribution in [0.4, 0.5) is 5.13 Å². The van der Waals surface area contributed by atoms with E-state index >= 15 is 0 Å². The number of hydrogen-bond donors (Lipinski definition) is 1. The van der Waals surface area contributed by atoms with Gasteiger partial charge in [-0.05, 0) is 52.7 Å². The van der Waals surface area contributed by atoms with Crippen molar-refractivity contribution < 1.29 is 9.53 Å². The van der Waals surface area contributed by atoms with E-state index in [1.54, 1.807) is 12.1 Å². The summed E-state index contributed by atoms with van der Waals surface area (Å²) < 4.78 is 7.75. The van der Waals surface area contributed by atoms with E-state index < -0.39 is 0 Å². The predicted octanol–water partition coefficient (Wildman–Crippen LogP) is 6.04. The van der Waals surface area contributed by atoms with Crippen LogP contribution in [0.3, 0.4) is 0 Å². The molecule has 124 valence electrons. The Balaban J connectivity index is 1.95. The molecule has 0 saturated heterocycles. The first kappa shape index (κ1) is 17.7. The fourth-order valence-electron chi connectivity index (χ4n) is 2.20. The van der Waals surface area contributed by atoms with Crippen molar-refractivity contribution in [2.45, 2.75) is 6.92 Å². The maximum atomic E-state index is 12.6. The van der Waals surface area contributed by atoms with E-state index in [9.17, 15) is 4.79 Å². The summed E-state index contributed by atoms with van der Waals surface area (Å²) in [6.45, 7) is 1.93. The van der Waals surface area contributed by atoms with Gasteiger partial charge in [-0.25, -0.2) is 4.98 Å². The molecule has 24 heavy (non-hydrogen) atoms. The molecule has 2 aromatic carbocycles. The maximum Gasteiger partial charge on any atom is 0.261 e. The third kappa shape index (κ3) is 3.44. The zero-order valence-corrected chi connectivity index (χ0v) is 17.4. The fourth-order valence-corrected chi connectivity index (χ4v) is 4.69. The van der Waals surface area contributed by atoms with Gasteiger partial charge in [-0.2, -0.15) is 0 Å². The lowest BCUT2D eigenvalue weighted by molar-refractivity contribution is 0.102. The van der Waals surface area contributed by atoms with E-state index in [0.717, 1.165) is 20.3 Å². The number of ether oxygens (including phenoxy) is 1. The second-order valence-corrected chi connectivity index (χ2v) is 8.22. The molecule has 1 amide bonds. The summed E-state index contributed by atoms with van der Waals surface area (Å²) in [5.74, 6) is 0.173. The molecule has 0 atom stereocenters. The Kier molecular flexibility index (Phi) is 5.15. The summed E-state index contributed by atoms with van der Waals surface area (Å²) in [5, 5.41) is 3.98. The largest absolute Gasteiger partial charge is 0.495 e. The standard InChI is InChI=1S/C16H11Br2ClN2O2S/c1-7-3-13-12(6-11(7)19)20-16(24-13)21-15(22)9-4-8(17)5-10(18)14(9)23-2/h3-6H,1-2H3,(H,20,21,22). The van der Waals surface area contributed by atoms with Crippen LogP contribution in [0, 0.1) is 6.92 Å². The van der Waals surface area contributed by atoms with Gasteiger partial charge in [0.15, 0.2) is 5.13 Å². The minimum atomic E-state index is -0.296. The molecule has 0 unspecified atom stereocenters. The van der Waals surface area contributed by atoms with Gasteiger partial charge in [0.25, 0.3) is 5.91 Å². The Hall–Kier alpha value is -1.15. The number of hydrogen-bond acceptors (Lipinski definition) is 4. The van der Waals surface area contributed by atoms with Crippen LogP contribution in [0.5, 0.6) is 5.75 Å². The summed E-state index contributed by atoms with van der Waals surface area (Å²) >= 11 is 14.3. The molecule has 1 N–H and O–H groups in total. The highest BCUT2D eigenvalue weighted by Crippen LogP contribution is 2.34. The number of nitrogens with one attached hydrogen (secondary N) is 1. The third-order valence-corrected chi connectivity index (χ3v) is 5.73. The van der Waals surface area contributed by atoms with Crippen molar-refractivity contribution >= 4 is 76.1 Å². The van der Waals surface area contributed by atoms with Crippen LogP contribution >= 0.6 is 54.8 Å². The summed E-state index contributed by atoms with van der Waals surface area (Å²) in [4.78, 5) is 17.0. The first-order valence-corrected chi connectivity index (χ1v) is 9.58. The number of nitrogens with zero attached hydrogens (tertiary/aromatic N) is 1. The van der Waals surface area contributed by atoms with E-state index in [1.165, 1.54) is 18.4 Å². The molecule has 1 heterocycles. The Labute approximate surface area is 164 Å². The molecule has 0 saturated carbocycles. The molecule has 3 rings (SSSR count). The monoisotopic (exact) mass is 488 g/mol. The number of fused-ring (bicyclic) bond motifs is 1. The molecule has 0 bridgehead atoms. The second kappa shape index (κ2) is 7.00. The van der Waals surface area contributed by atoms with Crippen LogP contribution in [0.15, 0.2) is 33.2 Å². The van der Waals surface area contributed by atoms with Gasteiger partial charge in [-0.3, -0.25) is 10.1 Å². The van der Waals surface area contributed by atoms with Crippen LogP contribution < -0.4 is 10.1 Å². The fraction of sp³-hybridized carbons (Fsp3) is 0.125. The molecule has 0 aliphatic heterocycles. The molecule has 3 aromatic rings. The van der Waals surface area contributed by atoms with Crippen molar-refractivity contribution in [3.8, 4) is 5.75 Å². The van der Waals surface area contributed by atoms with Gasteiger partial charge in [-0.1, -0.05) is 38.9 Å². The van der Waals surface area contributed by atoms with Crippen molar-refractivity contribution in [1.82, 2.24) is 4.98 Å². The van der Waals surface area contributed by atoms with Gasteiger partial charge in [0, 0.05) is 9.50 Å². The lowest BCUT2D eigenvalue weighted by atomic mass is 10.2. The molecule has 0 fully saturated rings. The van der Waals surface area contributed by atoms with Gasteiger partial charge < -0.3 is 4.74 Å². The normalized spacial score (nSPS) is 10.9. The van der Waals surface area contributed by atoms with E-state index in [0.29, 0.717) is 25.9 Å². The molecule has 1 aromatic heterocycles. The van der Waals surface area contributed by atoms with E-state index in [2.05, 4.69) is 42.2 Å². The van der Waals surface area contributed by atoms with Gasteiger partial charge in [0.05, 0.1) is 27.4 Å². The Morgan fingerprint density at radius 3 is 2.75 bits per heavy atom. The molecule has 4 nitrogen and oxygen atoms in total. The number of carbonyl (C=O) groups excluding carboxylic acids is 1. The van der Waals surface area contributed by atoms with E-state index in [-0.39, 0.29) is 5.91 Å². The zero-order valence-electron chi connectivity index (χ0n) is 12.6. The summed E-state index contributed by atoms with van der Waals surface area (Å²) in [7, 11) is 1.52. The highest BCUT2D eigenvalue weighted by Gasteiger charge is 2.18. The molecular weight excluding hydrogens is 480 g/mol. The van der Waals surface area contributed by atoms with Crippen molar-refractivity contribution in [1.29, 1.82) is 0 Å². The molecule has 0 aliphatic carbocycles. The number of benzene rings is 2. The number of amides is 1. The van der Waals surface area contributed by atoms with Gasteiger partial charge in [0.1, 0.15) is 5.75 Å². The number of methoxy groups -OCH3 is 1. The summed E-state index contributed by atoms with van der Waals surface area (Å²) in [5.41, 5.74) is 2.14. The first-order valence-electron chi connectivity index (χ1n) is 6.80. The molecule has 0 spiro atoms. The highest BCUT2D eigenvalue weighted by molar-refractivity contribution is 9.11. The SMILES string of the molecule is COc1c(Br)cc(Br)cc1C(=O)Nc1nc2cc(Cl)c(C)cc2s1. The van der Waals surface area contributed by atoms with Crippen molar-refractivity contribution in [2.24, 2.45) is 0 Å². The zero-order chi connectivity index (χ0) is 17.4. The maximum absolute atomic E-state index is 12.6. The molecule has 8 heteroatoms. The van der Waals surface area contributed by atoms with Crippen molar-refractivity contribution in [3.63, 3.8) is 0 Å². The highest BCUT2D eigenvalue weighted by atomic mass is 79.9. The predicted molar refractivity (Wildman–Crippen MR) is 106 cm³/mol. The number of anilines is 1. The average molecular weight is 491 g/mol. The van der Waals surface area contributed by atoms with Crippen LogP contribution in [0.25, 0.3) is 10.2 Å². The number of rotatable bonds is 3. The third-order valence-electron chi connectivity index (χ3n) is 3.35. The smallest absolute Gasteiger partial charge is 0.261 e. The topological polar surface area (TPSA) is 51.2 Å². The Morgan fingerprint density at radius 1 is 1.29 bits per heavy atom. The average Bonchev–Trinajstić information content (AvgIpc) is 2.88. The van der Waals surface area contributed by atoms with Gasteiger partial charge in [-0.15, -0.1) is 0 Å². The Bertz CT molecular complexity index is 920. The quantitative estimate of drug-likeness (QED) is 0.487. The molecule has 0 aliphatic rings. The van der Waals surface area contributed by atoms with E-state index in [4.69, 9.17) is 16.3 Å². The lowest BCUT2D eigenvalue weighted by Crippen LogP contribution is -2.13. The summed E-state index contributed by atoms with van der Waals surface area (Å²) in [6, 6.07) is 7.28. The minimum absolute atomic E-state index is 0.296. The van der Waals surface area contributed by atoms with Crippen molar-refractivity contribution in [2.75, 3.05) is 12.4 Å². The van der Waals surface area contributed by atoms with Crippen LogP contribution in [-0.4, -0.2) is 18.0 Å². The first-order chi connectivity index (χ1) is 11.4. The minimum Gasteiger partial charge on any atom is -0.495 e. The van der Waals surface area contributed by atoms with Gasteiger partial charge in [0.2, 0.25) is 0 Å². The number of aromatic nitrogens is 1. The van der Waals surface area contributed by atoms with Crippen LogP contribution in [0.1, 0.15) is 15.9 Å². The van der Waals surface area contributed by atoms with Crippen LogP contribution in [0.2, 0.25) is 5.02 Å². The van der Waals surface area contributed by atoms with Crippen LogP contribution in [-0.2, 0) is 0 Å². The summed E-state index contributed by atoms with van der Waals surface area (Å²) in [6.07, 6.45) is 0.